The molecule has 2 N–H and O–H groups in total. The van der Waals surface area contributed by atoms with Crippen LogP contribution in [0.15, 0.2) is 0 Å². The van der Waals surface area contributed by atoms with Crippen LogP contribution >= 0.6 is 0 Å². The first kappa shape index (κ1) is 10.6. The standard InChI is InChI=1S/C13H22N2O/c1-12(3-2-4-12)15-11(16)10-9-13(10)5-7-14-8-6-13/h10,14H,2-9H2,1H3,(H,15,16). The van der Waals surface area contributed by atoms with Crippen LogP contribution in [0.4, 0.5) is 0 Å². The first-order valence-corrected chi connectivity index (χ1v) is 6.66. The molecule has 1 spiro atoms. The van der Waals surface area contributed by atoms with E-state index in [0.29, 0.717) is 17.2 Å². The van der Waals surface area contributed by atoms with E-state index in [2.05, 4.69) is 17.6 Å². The highest BCUT2D eigenvalue weighted by Gasteiger charge is 2.58. The van der Waals surface area contributed by atoms with Gasteiger partial charge in [0.25, 0.3) is 0 Å². The fourth-order valence-electron chi connectivity index (χ4n) is 3.41. The number of hydrogen-bond acceptors (Lipinski definition) is 2. The molecule has 0 bridgehead atoms. The average Bonchev–Trinajstić information content (AvgIpc) is 2.91. The van der Waals surface area contributed by atoms with Crippen molar-refractivity contribution in [2.75, 3.05) is 13.1 Å². The molecule has 1 saturated heterocycles. The topological polar surface area (TPSA) is 41.1 Å². The van der Waals surface area contributed by atoms with E-state index >= 15 is 0 Å². The summed E-state index contributed by atoms with van der Waals surface area (Å²) in [6.07, 6.45) is 7.14. The fourth-order valence-corrected chi connectivity index (χ4v) is 3.41. The minimum atomic E-state index is 0.133. The highest BCUT2D eigenvalue weighted by atomic mass is 16.2. The Bertz CT molecular complexity index is 303. The van der Waals surface area contributed by atoms with Crippen LogP contribution in [-0.2, 0) is 4.79 Å². The Kier molecular flexibility index (Phi) is 2.29. The van der Waals surface area contributed by atoms with E-state index in [9.17, 15) is 4.79 Å². The molecule has 1 atom stereocenters. The molecule has 2 aliphatic carbocycles. The minimum absolute atomic E-state index is 0.133. The molecule has 3 heteroatoms. The summed E-state index contributed by atoms with van der Waals surface area (Å²) in [5, 5.41) is 6.65. The number of nitrogens with one attached hydrogen (secondary N) is 2. The molecule has 2 saturated carbocycles. The summed E-state index contributed by atoms with van der Waals surface area (Å²) in [7, 11) is 0. The first-order valence-electron chi connectivity index (χ1n) is 6.66. The molecule has 1 unspecified atom stereocenters. The van der Waals surface area contributed by atoms with Crippen molar-refractivity contribution in [2.45, 2.75) is 51.0 Å². The predicted octanol–water partition coefficient (Wildman–Crippen LogP) is 1.43. The van der Waals surface area contributed by atoms with Crippen molar-refractivity contribution in [3.8, 4) is 0 Å². The molecular formula is C13H22N2O. The van der Waals surface area contributed by atoms with Crippen LogP contribution in [0.2, 0.25) is 0 Å². The van der Waals surface area contributed by atoms with Crippen LogP contribution in [0.25, 0.3) is 0 Å². The van der Waals surface area contributed by atoms with E-state index in [0.717, 1.165) is 19.5 Å². The number of piperidine rings is 1. The van der Waals surface area contributed by atoms with Crippen LogP contribution in [0, 0.1) is 11.3 Å². The van der Waals surface area contributed by atoms with Crippen molar-refractivity contribution >= 4 is 5.91 Å². The lowest BCUT2D eigenvalue weighted by Crippen LogP contribution is -2.52. The van der Waals surface area contributed by atoms with Crippen LogP contribution in [0.3, 0.4) is 0 Å². The maximum atomic E-state index is 12.2. The lowest BCUT2D eigenvalue weighted by molar-refractivity contribution is -0.126. The zero-order chi connectivity index (χ0) is 11.2. The molecule has 90 valence electrons. The zero-order valence-corrected chi connectivity index (χ0v) is 10.1. The molecule has 1 amide bonds. The van der Waals surface area contributed by atoms with Crippen LogP contribution < -0.4 is 10.6 Å². The molecule has 3 fully saturated rings. The second-order valence-electron chi connectivity index (χ2n) is 6.27. The van der Waals surface area contributed by atoms with Crippen LogP contribution in [0.5, 0.6) is 0 Å². The third-order valence-electron chi connectivity index (χ3n) is 4.99. The second-order valence-corrected chi connectivity index (χ2v) is 6.27. The molecule has 0 radical (unpaired) electrons. The first-order chi connectivity index (χ1) is 7.64. The number of rotatable bonds is 2. The van der Waals surface area contributed by atoms with Gasteiger partial charge in [-0.25, -0.2) is 0 Å². The minimum Gasteiger partial charge on any atom is -0.351 e. The molecular weight excluding hydrogens is 200 g/mol. The van der Waals surface area contributed by atoms with Gasteiger partial charge in [0.1, 0.15) is 0 Å². The Morgan fingerprint density at radius 3 is 2.50 bits per heavy atom. The van der Waals surface area contributed by atoms with Crippen molar-refractivity contribution < 1.29 is 4.79 Å². The van der Waals surface area contributed by atoms with Gasteiger partial charge in [-0.15, -0.1) is 0 Å². The molecule has 1 heterocycles. The smallest absolute Gasteiger partial charge is 0.224 e. The maximum absolute atomic E-state index is 12.2. The largest absolute Gasteiger partial charge is 0.351 e. The molecule has 0 aromatic heterocycles. The fraction of sp³-hybridized carbons (Fsp3) is 0.923. The second kappa shape index (κ2) is 3.46. The summed E-state index contributed by atoms with van der Waals surface area (Å²) >= 11 is 0. The lowest BCUT2D eigenvalue weighted by Gasteiger charge is -2.39. The third-order valence-corrected chi connectivity index (χ3v) is 4.99. The quantitative estimate of drug-likeness (QED) is 0.742. The SMILES string of the molecule is CC1(NC(=O)C2CC23CCNCC3)CCC1. The molecule has 3 aliphatic rings. The number of carbonyl (C=O) groups excluding carboxylic acids is 1. The Balaban J connectivity index is 1.57. The summed E-state index contributed by atoms with van der Waals surface area (Å²) in [6, 6.07) is 0. The van der Waals surface area contributed by atoms with Gasteiger partial charge in [-0.3, -0.25) is 4.79 Å². The summed E-state index contributed by atoms with van der Waals surface area (Å²) in [5.41, 5.74) is 0.517. The zero-order valence-electron chi connectivity index (χ0n) is 10.1. The Hall–Kier alpha value is -0.570. The number of hydrogen-bond donors (Lipinski definition) is 2. The lowest BCUT2D eigenvalue weighted by atomic mass is 9.78. The molecule has 16 heavy (non-hydrogen) atoms. The van der Waals surface area contributed by atoms with Gasteiger partial charge in [-0.1, -0.05) is 0 Å². The summed E-state index contributed by atoms with van der Waals surface area (Å²) in [5.74, 6) is 0.663. The van der Waals surface area contributed by atoms with Gasteiger partial charge in [0.15, 0.2) is 0 Å². The van der Waals surface area contributed by atoms with Gasteiger partial charge >= 0.3 is 0 Å². The van der Waals surface area contributed by atoms with Crippen molar-refractivity contribution in [3.63, 3.8) is 0 Å². The predicted molar refractivity (Wildman–Crippen MR) is 63.0 cm³/mol. The molecule has 0 aromatic carbocycles. The number of carbonyl (C=O) groups is 1. The van der Waals surface area contributed by atoms with Gasteiger partial charge in [0.05, 0.1) is 0 Å². The number of amides is 1. The summed E-state index contributed by atoms with van der Waals surface area (Å²) in [4.78, 5) is 12.2. The normalized spacial score (nSPS) is 34.2. The van der Waals surface area contributed by atoms with Crippen LogP contribution in [-0.4, -0.2) is 24.5 Å². The van der Waals surface area contributed by atoms with Crippen molar-refractivity contribution in [1.29, 1.82) is 0 Å². The third kappa shape index (κ3) is 1.65. The highest BCUT2D eigenvalue weighted by molar-refractivity contribution is 5.83. The van der Waals surface area contributed by atoms with Gasteiger partial charge in [0, 0.05) is 11.5 Å². The molecule has 0 aromatic rings. The summed E-state index contributed by atoms with van der Waals surface area (Å²) < 4.78 is 0. The Labute approximate surface area is 97.4 Å². The van der Waals surface area contributed by atoms with E-state index in [1.807, 2.05) is 0 Å². The van der Waals surface area contributed by atoms with Gasteiger partial charge in [-0.2, -0.15) is 0 Å². The van der Waals surface area contributed by atoms with Gasteiger partial charge in [-0.05, 0) is 64.0 Å². The Morgan fingerprint density at radius 2 is 1.94 bits per heavy atom. The van der Waals surface area contributed by atoms with Crippen molar-refractivity contribution in [3.05, 3.63) is 0 Å². The molecule has 1 aliphatic heterocycles. The maximum Gasteiger partial charge on any atom is 0.224 e. The van der Waals surface area contributed by atoms with Gasteiger partial charge < -0.3 is 10.6 Å². The van der Waals surface area contributed by atoms with E-state index in [-0.39, 0.29) is 5.54 Å². The average molecular weight is 222 g/mol. The van der Waals surface area contributed by atoms with Crippen LogP contribution in [0.1, 0.15) is 45.4 Å². The molecule has 3 rings (SSSR count). The molecule has 3 nitrogen and oxygen atoms in total. The van der Waals surface area contributed by atoms with E-state index in [1.54, 1.807) is 0 Å². The monoisotopic (exact) mass is 222 g/mol. The highest BCUT2D eigenvalue weighted by Crippen LogP contribution is 2.58. The van der Waals surface area contributed by atoms with Gasteiger partial charge in [0.2, 0.25) is 5.91 Å². The van der Waals surface area contributed by atoms with E-state index < -0.39 is 0 Å². The summed E-state index contributed by atoms with van der Waals surface area (Å²) in [6.45, 7) is 4.38. The van der Waals surface area contributed by atoms with E-state index in [4.69, 9.17) is 0 Å². The van der Waals surface area contributed by atoms with E-state index in [1.165, 1.54) is 32.1 Å². The van der Waals surface area contributed by atoms with Crippen molar-refractivity contribution in [2.24, 2.45) is 11.3 Å². The van der Waals surface area contributed by atoms with Crippen molar-refractivity contribution in [1.82, 2.24) is 10.6 Å². The Morgan fingerprint density at radius 1 is 1.25 bits per heavy atom.